The van der Waals surface area contributed by atoms with Gasteiger partial charge in [-0.2, -0.15) is 0 Å². The number of hydrogen-bond donors (Lipinski definition) is 0. The summed E-state index contributed by atoms with van der Waals surface area (Å²) >= 11 is 0. The van der Waals surface area contributed by atoms with Crippen molar-refractivity contribution in [2.75, 3.05) is 0 Å². The van der Waals surface area contributed by atoms with Crippen LogP contribution >= 0.6 is 0 Å². The number of hydrogen-bond acceptors (Lipinski definition) is 0. The highest BCUT2D eigenvalue weighted by molar-refractivity contribution is 5.60. The summed E-state index contributed by atoms with van der Waals surface area (Å²) in [6.45, 7) is 17.4. The summed E-state index contributed by atoms with van der Waals surface area (Å²) in [6, 6.07) is 10.6. The van der Waals surface area contributed by atoms with Gasteiger partial charge in [-0.15, -0.1) is 0 Å². The fourth-order valence-electron chi connectivity index (χ4n) is 3.90. The van der Waals surface area contributed by atoms with E-state index >= 15 is 0 Å². The lowest BCUT2D eigenvalue weighted by Crippen LogP contribution is -2.12. The molecule has 0 saturated heterocycles. The molecule has 158 valence electrons. The lowest BCUT2D eigenvalue weighted by Gasteiger charge is -2.27. The van der Waals surface area contributed by atoms with Gasteiger partial charge in [0.2, 0.25) is 0 Å². The molecule has 0 heteroatoms. The molecular formula is C30H38. The summed E-state index contributed by atoms with van der Waals surface area (Å²) in [5, 5.41) is 0. The van der Waals surface area contributed by atoms with Crippen LogP contribution < -0.4 is 0 Å². The molecule has 0 aliphatic heterocycles. The Hall–Kier alpha value is -2.60. The fraction of sp³-hybridized carbons (Fsp3) is 0.333. The van der Waals surface area contributed by atoms with E-state index in [-0.39, 0.29) is 0 Å². The van der Waals surface area contributed by atoms with Crippen molar-refractivity contribution in [2.45, 2.75) is 53.4 Å². The third kappa shape index (κ3) is 5.95. The molecule has 0 heterocycles. The molecule has 0 radical (unpaired) electrons. The first-order chi connectivity index (χ1) is 14.6. The van der Waals surface area contributed by atoms with Gasteiger partial charge in [-0.05, 0) is 66.4 Å². The summed E-state index contributed by atoms with van der Waals surface area (Å²) in [5.74, 6) is 0.968. The Morgan fingerprint density at radius 3 is 2.27 bits per heavy atom. The average Bonchev–Trinajstić information content (AvgIpc) is 2.74. The zero-order chi connectivity index (χ0) is 21.9. The van der Waals surface area contributed by atoms with Gasteiger partial charge in [0.15, 0.2) is 0 Å². The number of rotatable bonds is 11. The van der Waals surface area contributed by atoms with Gasteiger partial charge < -0.3 is 0 Å². The Labute approximate surface area is 184 Å². The van der Waals surface area contributed by atoms with Crippen LogP contribution in [-0.4, -0.2) is 0 Å². The predicted molar refractivity (Wildman–Crippen MR) is 134 cm³/mol. The van der Waals surface area contributed by atoms with Crippen LogP contribution in [0.15, 0.2) is 114 Å². The van der Waals surface area contributed by atoms with E-state index in [2.05, 4.69) is 102 Å². The van der Waals surface area contributed by atoms with Crippen LogP contribution in [0.1, 0.15) is 52.5 Å². The second-order valence-electron chi connectivity index (χ2n) is 8.07. The summed E-state index contributed by atoms with van der Waals surface area (Å²) in [7, 11) is 0. The Morgan fingerprint density at radius 2 is 1.77 bits per heavy atom. The van der Waals surface area contributed by atoms with Crippen LogP contribution in [0.3, 0.4) is 0 Å². The van der Waals surface area contributed by atoms with Crippen LogP contribution in [0.5, 0.6) is 0 Å². The molecule has 2 rings (SSSR count). The first-order valence-electron chi connectivity index (χ1n) is 11.3. The van der Waals surface area contributed by atoms with Crippen LogP contribution in [0.4, 0.5) is 0 Å². The van der Waals surface area contributed by atoms with Gasteiger partial charge in [-0.3, -0.25) is 0 Å². The molecule has 0 nitrogen and oxygen atoms in total. The van der Waals surface area contributed by atoms with Crippen molar-refractivity contribution in [1.82, 2.24) is 0 Å². The average molecular weight is 399 g/mol. The molecule has 2 atom stereocenters. The third-order valence-electron chi connectivity index (χ3n) is 6.12. The van der Waals surface area contributed by atoms with Crippen molar-refractivity contribution in [1.29, 1.82) is 0 Å². The molecule has 0 aromatic heterocycles. The molecule has 0 spiro atoms. The zero-order valence-corrected chi connectivity index (χ0v) is 19.3. The minimum absolute atomic E-state index is 0.442. The smallest absolute Gasteiger partial charge is 0.00644 e. The van der Waals surface area contributed by atoms with E-state index in [1.807, 2.05) is 12.2 Å². The van der Waals surface area contributed by atoms with Crippen LogP contribution in [0.2, 0.25) is 0 Å². The van der Waals surface area contributed by atoms with Crippen molar-refractivity contribution in [3.8, 4) is 0 Å². The molecular weight excluding hydrogens is 360 g/mol. The van der Waals surface area contributed by atoms with E-state index in [0.29, 0.717) is 11.8 Å². The SMILES string of the molecule is C=CC(/C(C=C)=C(C(/C=C\Cc1ccccc1)=C/CC)\C1C=CC1)=C(/C)C(C)CC. The van der Waals surface area contributed by atoms with Gasteiger partial charge in [-0.1, -0.05) is 112 Å². The summed E-state index contributed by atoms with van der Waals surface area (Å²) in [4.78, 5) is 0. The Morgan fingerprint density at radius 1 is 1.10 bits per heavy atom. The lowest BCUT2D eigenvalue weighted by atomic mass is 9.77. The van der Waals surface area contributed by atoms with E-state index in [1.54, 1.807) is 0 Å². The summed E-state index contributed by atoms with van der Waals surface area (Å²) < 4.78 is 0. The lowest BCUT2D eigenvalue weighted by molar-refractivity contribution is 0.650. The molecule has 1 aliphatic rings. The normalized spacial score (nSPS) is 19.1. The molecule has 0 N–H and O–H groups in total. The molecule has 1 aromatic rings. The van der Waals surface area contributed by atoms with Crippen LogP contribution in [0, 0.1) is 11.8 Å². The molecule has 0 bridgehead atoms. The second-order valence-corrected chi connectivity index (χ2v) is 8.07. The maximum atomic E-state index is 4.21. The summed E-state index contributed by atoms with van der Waals surface area (Å²) in [5.41, 5.74) is 7.91. The van der Waals surface area contributed by atoms with Crippen molar-refractivity contribution >= 4 is 0 Å². The van der Waals surface area contributed by atoms with E-state index in [1.165, 1.54) is 33.4 Å². The van der Waals surface area contributed by atoms with Crippen LogP contribution in [0.25, 0.3) is 0 Å². The maximum Gasteiger partial charge on any atom is 0.00644 e. The quantitative estimate of drug-likeness (QED) is 0.258. The van der Waals surface area contributed by atoms with Gasteiger partial charge in [0.05, 0.1) is 0 Å². The molecule has 0 saturated carbocycles. The minimum Gasteiger partial charge on any atom is -0.0984 e. The second kappa shape index (κ2) is 12.2. The van der Waals surface area contributed by atoms with Gasteiger partial charge in [0.1, 0.15) is 0 Å². The van der Waals surface area contributed by atoms with Crippen molar-refractivity contribution in [3.05, 3.63) is 119 Å². The van der Waals surface area contributed by atoms with Gasteiger partial charge in [0.25, 0.3) is 0 Å². The maximum absolute atomic E-state index is 4.21. The largest absolute Gasteiger partial charge is 0.0984 e. The highest BCUT2D eigenvalue weighted by atomic mass is 14.3. The molecule has 1 aliphatic carbocycles. The first-order valence-corrected chi connectivity index (χ1v) is 11.3. The molecule has 1 aromatic carbocycles. The third-order valence-corrected chi connectivity index (χ3v) is 6.12. The standard InChI is InChI=1S/C30H38/c1-7-16-26(20-14-19-25-17-12-11-13-18-25)30(27-21-15-22-27)29(10-4)28(9-3)24(6)23(5)8-2/h9-18,20-21,23,27H,3-4,7-8,19,22H2,1-2,5-6H3/b20-14-,26-16+,28-24+,30-29-. The molecule has 30 heavy (non-hydrogen) atoms. The van der Waals surface area contributed by atoms with E-state index in [4.69, 9.17) is 0 Å². The number of benzene rings is 1. The molecule has 0 amide bonds. The Balaban J connectivity index is 2.55. The van der Waals surface area contributed by atoms with Gasteiger partial charge in [-0.25, -0.2) is 0 Å². The monoisotopic (exact) mass is 398 g/mol. The molecule has 0 fully saturated rings. The predicted octanol–water partition coefficient (Wildman–Crippen LogP) is 8.73. The summed E-state index contributed by atoms with van der Waals surface area (Å²) in [6.07, 6.45) is 19.8. The fourth-order valence-corrected chi connectivity index (χ4v) is 3.90. The van der Waals surface area contributed by atoms with Crippen LogP contribution in [-0.2, 0) is 6.42 Å². The van der Waals surface area contributed by atoms with E-state index in [0.717, 1.165) is 25.7 Å². The van der Waals surface area contributed by atoms with Gasteiger partial charge in [0, 0.05) is 5.92 Å². The molecule has 2 unspecified atom stereocenters. The Kier molecular flexibility index (Phi) is 9.61. The minimum atomic E-state index is 0.442. The van der Waals surface area contributed by atoms with Crippen molar-refractivity contribution in [2.24, 2.45) is 11.8 Å². The number of allylic oxidation sites excluding steroid dienone is 12. The van der Waals surface area contributed by atoms with Gasteiger partial charge >= 0.3 is 0 Å². The van der Waals surface area contributed by atoms with E-state index in [9.17, 15) is 0 Å². The van der Waals surface area contributed by atoms with Crippen molar-refractivity contribution < 1.29 is 0 Å². The van der Waals surface area contributed by atoms with Crippen molar-refractivity contribution in [3.63, 3.8) is 0 Å². The first kappa shape index (κ1) is 23.7. The highest BCUT2D eigenvalue weighted by Gasteiger charge is 2.23. The topological polar surface area (TPSA) is 0 Å². The highest BCUT2D eigenvalue weighted by Crippen LogP contribution is 2.38. The Bertz CT molecular complexity index is 868. The zero-order valence-electron chi connectivity index (χ0n) is 19.3. The van der Waals surface area contributed by atoms with E-state index < -0.39 is 0 Å².